The molecule has 0 fully saturated rings. The van der Waals surface area contributed by atoms with Gasteiger partial charge in [-0.2, -0.15) is 0 Å². The second kappa shape index (κ2) is 16.3. The van der Waals surface area contributed by atoms with Gasteiger partial charge in [-0.3, -0.25) is 0 Å². The second-order valence-corrected chi connectivity index (χ2v) is 2.04. The molecule has 68 valence electrons. The highest BCUT2D eigenvalue weighted by Gasteiger charge is 1.67. The summed E-state index contributed by atoms with van der Waals surface area (Å²) in [6.07, 6.45) is 3.64. The van der Waals surface area contributed by atoms with Gasteiger partial charge in [0.2, 0.25) is 0 Å². The molecule has 2 nitrogen and oxygen atoms in total. The zero-order valence-corrected chi connectivity index (χ0v) is 8.16. The molecule has 0 unspecified atom stereocenters. The summed E-state index contributed by atoms with van der Waals surface area (Å²) in [7, 11) is 0. The Bertz CT molecular complexity index is 96.3. The quantitative estimate of drug-likeness (QED) is 0.630. The van der Waals surface area contributed by atoms with Crippen LogP contribution in [-0.4, -0.2) is 13.1 Å². The summed E-state index contributed by atoms with van der Waals surface area (Å²) in [6, 6.07) is 0. The predicted octanol–water partition coefficient (Wildman–Crippen LogP) is 1.46. The van der Waals surface area contributed by atoms with Crippen LogP contribution in [0.3, 0.4) is 0 Å². The molecule has 0 aromatic rings. The Morgan fingerprint density at radius 1 is 1.27 bits per heavy atom. The van der Waals surface area contributed by atoms with Crippen LogP contribution in [0.1, 0.15) is 13.8 Å². The molecule has 0 saturated heterocycles. The minimum atomic E-state index is 0. The van der Waals surface area contributed by atoms with Crippen molar-refractivity contribution >= 4 is 12.4 Å². The number of nitrogens with two attached hydrogens (primary N) is 2. The summed E-state index contributed by atoms with van der Waals surface area (Å²) in [4.78, 5) is 0. The van der Waals surface area contributed by atoms with Crippen LogP contribution in [-0.2, 0) is 0 Å². The Morgan fingerprint density at radius 3 is 1.64 bits per heavy atom. The zero-order chi connectivity index (χ0) is 8.41. The summed E-state index contributed by atoms with van der Waals surface area (Å²) < 4.78 is 0. The molecule has 0 amide bonds. The molecule has 0 rings (SSSR count). The number of allylic oxidation sites excluding steroid dienone is 1. The van der Waals surface area contributed by atoms with E-state index in [-0.39, 0.29) is 12.4 Å². The molecular weight excluding hydrogens is 160 g/mol. The molecule has 0 spiro atoms. The number of halogens is 1. The van der Waals surface area contributed by atoms with E-state index in [1.807, 2.05) is 19.9 Å². The van der Waals surface area contributed by atoms with Crippen LogP contribution >= 0.6 is 12.4 Å². The van der Waals surface area contributed by atoms with E-state index in [2.05, 4.69) is 6.58 Å². The molecule has 0 heterocycles. The van der Waals surface area contributed by atoms with Gasteiger partial charge in [0.1, 0.15) is 0 Å². The lowest BCUT2D eigenvalue weighted by molar-refractivity contribution is 1.21. The molecule has 0 bridgehead atoms. The van der Waals surface area contributed by atoms with E-state index in [4.69, 9.17) is 11.5 Å². The highest BCUT2D eigenvalue weighted by atomic mass is 35.5. The topological polar surface area (TPSA) is 52.0 Å². The van der Waals surface area contributed by atoms with Crippen molar-refractivity contribution in [2.75, 3.05) is 13.1 Å². The minimum Gasteiger partial charge on any atom is -0.327 e. The molecular formula is C8H19ClN2. The van der Waals surface area contributed by atoms with Crippen LogP contribution in [0.15, 0.2) is 24.3 Å². The molecule has 0 aliphatic heterocycles. The summed E-state index contributed by atoms with van der Waals surface area (Å²) in [5.41, 5.74) is 11.4. The van der Waals surface area contributed by atoms with Crippen LogP contribution < -0.4 is 11.5 Å². The molecule has 3 heteroatoms. The highest BCUT2D eigenvalue weighted by molar-refractivity contribution is 5.85. The summed E-state index contributed by atoms with van der Waals surface area (Å²) in [5, 5.41) is 0. The highest BCUT2D eigenvalue weighted by Crippen LogP contribution is 1.82. The van der Waals surface area contributed by atoms with Crippen LogP contribution in [0.5, 0.6) is 0 Å². The maximum absolute atomic E-state index is 5.15. The number of hydrogen-bond acceptors (Lipinski definition) is 2. The maximum Gasteiger partial charge on any atom is 0.0109 e. The lowest BCUT2D eigenvalue weighted by Crippen LogP contribution is -1.92. The van der Waals surface area contributed by atoms with Gasteiger partial charge in [-0.05, 0) is 13.8 Å². The van der Waals surface area contributed by atoms with Gasteiger partial charge in [0.25, 0.3) is 0 Å². The largest absolute Gasteiger partial charge is 0.327 e. The van der Waals surface area contributed by atoms with Crippen LogP contribution in [0.2, 0.25) is 0 Å². The van der Waals surface area contributed by atoms with E-state index in [0.29, 0.717) is 13.1 Å². The van der Waals surface area contributed by atoms with Crippen molar-refractivity contribution in [2.24, 2.45) is 11.5 Å². The third kappa shape index (κ3) is 42.1. The molecule has 0 atom stereocenters. The Hall–Kier alpha value is -0.310. The molecule has 0 aromatic carbocycles. The normalized spacial score (nSPS) is 6.55. The Kier molecular flexibility index (Phi) is 25.2. The van der Waals surface area contributed by atoms with E-state index >= 15 is 0 Å². The van der Waals surface area contributed by atoms with Crippen molar-refractivity contribution in [2.45, 2.75) is 13.8 Å². The van der Waals surface area contributed by atoms with E-state index < -0.39 is 0 Å². The third-order valence-electron chi connectivity index (χ3n) is 0.693. The van der Waals surface area contributed by atoms with Gasteiger partial charge in [0, 0.05) is 13.1 Å². The van der Waals surface area contributed by atoms with Crippen LogP contribution in [0.4, 0.5) is 0 Å². The molecule has 11 heavy (non-hydrogen) atoms. The number of hydrogen-bond donors (Lipinski definition) is 2. The maximum atomic E-state index is 5.15. The van der Waals surface area contributed by atoms with E-state index in [9.17, 15) is 0 Å². The zero-order valence-electron chi connectivity index (χ0n) is 7.34. The fraction of sp³-hybridized carbons (Fsp3) is 0.500. The predicted molar refractivity (Wildman–Crippen MR) is 55.0 cm³/mol. The van der Waals surface area contributed by atoms with Gasteiger partial charge in [0.15, 0.2) is 0 Å². The van der Waals surface area contributed by atoms with Crippen molar-refractivity contribution in [3.8, 4) is 0 Å². The Morgan fingerprint density at radius 2 is 1.64 bits per heavy atom. The van der Waals surface area contributed by atoms with Crippen LogP contribution in [0, 0.1) is 0 Å². The standard InChI is InChI=1S/C5H11N.C3H7N.ClH/c1-5(2)3-4-6;1-2-3-4;/h3H,4,6H2,1-2H3;2H,1,3-4H2;1H. The fourth-order valence-corrected chi connectivity index (χ4v) is 0.236. The molecule has 4 N–H and O–H groups in total. The van der Waals surface area contributed by atoms with Crippen molar-refractivity contribution in [3.63, 3.8) is 0 Å². The Labute approximate surface area is 75.8 Å². The van der Waals surface area contributed by atoms with E-state index in [1.54, 1.807) is 6.08 Å². The fourth-order valence-electron chi connectivity index (χ4n) is 0.236. The lowest BCUT2D eigenvalue weighted by atomic mass is 10.3. The smallest absolute Gasteiger partial charge is 0.0109 e. The van der Waals surface area contributed by atoms with Gasteiger partial charge in [-0.25, -0.2) is 0 Å². The number of rotatable bonds is 2. The molecule has 0 aliphatic rings. The first-order valence-electron chi connectivity index (χ1n) is 3.33. The monoisotopic (exact) mass is 178 g/mol. The average Bonchev–Trinajstić information content (AvgIpc) is 1.89. The lowest BCUT2D eigenvalue weighted by Gasteiger charge is -1.80. The van der Waals surface area contributed by atoms with Gasteiger partial charge in [-0.1, -0.05) is 17.7 Å². The first-order chi connectivity index (χ1) is 4.68. The minimum absolute atomic E-state index is 0. The summed E-state index contributed by atoms with van der Waals surface area (Å²) in [5.74, 6) is 0. The van der Waals surface area contributed by atoms with E-state index in [1.165, 1.54) is 5.57 Å². The van der Waals surface area contributed by atoms with Gasteiger partial charge >= 0.3 is 0 Å². The molecule has 0 saturated carbocycles. The summed E-state index contributed by atoms with van der Waals surface area (Å²) >= 11 is 0. The van der Waals surface area contributed by atoms with Crippen molar-refractivity contribution in [3.05, 3.63) is 24.3 Å². The summed E-state index contributed by atoms with van der Waals surface area (Å²) in [6.45, 7) is 8.68. The average molecular weight is 179 g/mol. The molecule has 0 aliphatic carbocycles. The first-order valence-corrected chi connectivity index (χ1v) is 3.33. The van der Waals surface area contributed by atoms with Crippen molar-refractivity contribution in [1.29, 1.82) is 0 Å². The molecule has 0 radical (unpaired) electrons. The molecule has 0 aromatic heterocycles. The van der Waals surface area contributed by atoms with Gasteiger partial charge in [0.05, 0.1) is 0 Å². The third-order valence-corrected chi connectivity index (χ3v) is 0.693. The first kappa shape index (κ1) is 17.0. The van der Waals surface area contributed by atoms with Gasteiger partial charge in [-0.15, -0.1) is 19.0 Å². The van der Waals surface area contributed by atoms with Crippen molar-refractivity contribution in [1.82, 2.24) is 0 Å². The van der Waals surface area contributed by atoms with Crippen LogP contribution in [0.25, 0.3) is 0 Å². The van der Waals surface area contributed by atoms with Gasteiger partial charge < -0.3 is 11.5 Å². The Balaban J connectivity index is -0.000000114. The van der Waals surface area contributed by atoms with Crippen molar-refractivity contribution < 1.29 is 0 Å². The SMILES string of the molecule is C=CCN.CC(C)=CCN.Cl. The van der Waals surface area contributed by atoms with E-state index in [0.717, 1.165) is 0 Å². The second-order valence-electron chi connectivity index (χ2n) is 2.04.